The van der Waals surface area contributed by atoms with Crippen molar-refractivity contribution < 1.29 is 9.59 Å². The number of carbonyl (C=O) groups is 2. The maximum atomic E-state index is 12.6. The molecule has 2 heterocycles. The van der Waals surface area contributed by atoms with E-state index in [1.54, 1.807) is 67.1 Å². The van der Waals surface area contributed by atoms with Crippen molar-refractivity contribution in [2.45, 2.75) is 6.92 Å². The molecule has 0 fully saturated rings. The summed E-state index contributed by atoms with van der Waals surface area (Å²) in [5, 5.41) is 3.44. The molecular formula is C24H19ClN6O2. The number of nitrogens with one attached hydrogen (secondary N) is 3. The Morgan fingerprint density at radius 3 is 2.52 bits per heavy atom. The first-order valence-electron chi connectivity index (χ1n) is 9.97. The Balaban J connectivity index is 1.47. The van der Waals surface area contributed by atoms with Crippen LogP contribution in [0.1, 0.15) is 26.3 Å². The molecule has 0 atom stereocenters. The predicted molar refractivity (Wildman–Crippen MR) is 126 cm³/mol. The van der Waals surface area contributed by atoms with E-state index in [2.05, 4.69) is 31.1 Å². The van der Waals surface area contributed by atoms with Crippen LogP contribution in [0.2, 0.25) is 5.02 Å². The van der Waals surface area contributed by atoms with Crippen LogP contribution >= 0.6 is 11.6 Å². The van der Waals surface area contributed by atoms with Crippen molar-refractivity contribution in [3.8, 4) is 11.3 Å². The second-order valence-electron chi connectivity index (χ2n) is 7.05. The molecule has 2 amide bonds. The minimum atomic E-state index is -0.514. The highest BCUT2D eigenvalue weighted by molar-refractivity contribution is 6.33. The Morgan fingerprint density at radius 1 is 0.909 bits per heavy atom. The van der Waals surface area contributed by atoms with Gasteiger partial charge in [0.05, 0.1) is 16.3 Å². The van der Waals surface area contributed by atoms with Gasteiger partial charge in [0.2, 0.25) is 5.95 Å². The first-order chi connectivity index (χ1) is 16.0. The Hall–Kier alpha value is -4.30. The van der Waals surface area contributed by atoms with Crippen molar-refractivity contribution in [1.82, 2.24) is 25.8 Å². The van der Waals surface area contributed by atoms with E-state index in [9.17, 15) is 9.59 Å². The highest BCUT2D eigenvalue weighted by atomic mass is 35.5. The molecule has 0 spiro atoms. The molecular weight excluding hydrogens is 440 g/mol. The van der Waals surface area contributed by atoms with Gasteiger partial charge in [-0.25, -0.2) is 9.97 Å². The zero-order valence-electron chi connectivity index (χ0n) is 17.5. The Labute approximate surface area is 195 Å². The number of anilines is 2. The van der Waals surface area contributed by atoms with Gasteiger partial charge in [0.15, 0.2) is 0 Å². The lowest BCUT2D eigenvalue weighted by Gasteiger charge is -2.12. The summed E-state index contributed by atoms with van der Waals surface area (Å²) >= 11 is 6.02. The molecule has 4 aromatic rings. The van der Waals surface area contributed by atoms with E-state index in [1.807, 2.05) is 19.1 Å². The number of rotatable bonds is 5. The normalized spacial score (nSPS) is 10.4. The number of aryl methyl sites for hydroxylation is 1. The molecule has 2 aromatic heterocycles. The fourth-order valence-electron chi connectivity index (χ4n) is 3.01. The zero-order chi connectivity index (χ0) is 23.2. The number of carbonyl (C=O) groups excluding carboxylic acids is 2. The van der Waals surface area contributed by atoms with Crippen LogP contribution in [0.15, 0.2) is 79.3 Å². The van der Waals surface area contributed by atoms with Crippen molar-refractivity contribution in [2.75, 3.05) is 5.32 Å². The highest BCUT2D eigenvalue weighted by Gasteiger charge is 2.13. The van der Waals surface area contributed by atoms with Crippen molar-refractivity contribution in [3.05, 3.63) is 101 Å². The molecule has 33 heavy (non-hydrogen) atoms. The first kappa shape index (κ1) is 21.9. The van der Waals surface area contributed by atoms with Crippen LogP contribution in [0.4, 0.5) is 11.6 Å². The molecule has 0 aliphatic rings. The lowest BCUT2D eigenvalue weighted by molar-refractivity contribution is 0.0847. The van der Waals surface area contributed by atoms with Gasteiger partial charge in [-0.3, -0.25) is 25.4 Å². The van der Waals surface area contributed by atoms with E-state index in [0.29, 0.717) is 22.2 Å². The van der Waals surface area contributed by atoms with Crippen molar-refractivity contribution in [1.29, 1.82) is 0 Å². The summed E-state index contributed by atoms with van der Waals surface area (Å²) in [6.45, 7) is 1.90. The minimum Gasteiger partial charge on any atom is -0.324 e. The monoisotopic (exact) mass is 458 g/mol. The van der Waals surface area contributed by atoms with Gasteiger partial charge >= 0.3 is 0 Å². The van der Waals surface area contributed by atoms with E-state index < -0.39 is 11.8 Å². The van der Waals surface area contributed by atoms with Gasteiger partial charge < -0.3 is 5.32 Å². The second-order valence-corrected chi connectivity index (χ2v) is 7.46. The van der Waals surface area contributed by atoms with Crippen molar-refractivity contribution in [3.63, 3.8) is 0 Å². The van der Waals surface area contributed by atoms with Crippen molar-refractivity contribution >= 4 is 35.1 Å². The third-order valence-electron chi connectivity index (χ3n) is 4.77. The fraction of sp³-hybridized carbons (Fsp3) is 0.0417. The summed E-state index contributed by atoms with van der Waals surface area (Å²) < 4.78 is 0. The standard InChI is InChI=1S/C24H19ClN6O2/c1-15-8-9-16(22(32)30-31-23(33)18-6-2-3-7-19(18)25)13-21(15)29-24-27-12-10-20(28-24)17-5-4-11-26-14-17/h2-14H,1H3,(H,30,32)(H,31,33)(H,27,28,29). The average Bonchev–Trinajstić information content (AvgIpc) is 2.84. The Bertz CT molecular complexity index is 1310. The lowest BCUT2D eigenvalue weighted by Crippen LogP contribution is -2.41. The Morgan fingerprint density at radius 2 is 1.73 bits per heavy atom. The van der Waals surface area contributed by atoms with Gasteiger partial charge in [0, 0.05) is 35.4 Å². The molecule has 0 unspecified atom stereocenters. The summed E-state index contributed by atoms with van der Waals surface area (Å²) in [4.78, 5) is 37.8. The Kier molecular flexibility index (Phi) is 6.56. The van der Waals surface area contributed by atoms with Crippen LogP contribution in [0.3, 0.4) is 0 Å². The van der Waals surface area contributed by atoms with E-state index in [-0.39, 0.29) is 5.56 Å². The van der Waals surface area contributed by atoms with Crippen LogP contribution in [0.5, 0.6) is 0 Å². The van der Waals surface area contributed by atoms with Crippen LogP contribution in [0, 0.1) is 6.92 Å². The fourth-order valence-corrected chi connectivity index (χ4v) is 3.23. The van der Waals surface area contributed by atoms with E-state index in [1.165, 1.54) is 0 Å². The molecule has 0 saturated carbocycles. The number of nitrogens with zero attached hydrogens (tertiary/aromatic N) is 3. The third-order valence-corrected chi connectivity index (χ3v) is 5.10. The molecule has 0 bridgehead atoms. The summed E-state index contributed by atoms with van der Waals surface area (Å²) in [5.41, 5.74) is 8.50. The van der Waals surface area contributed by atoms with Gasteiger partial charge in [-0.1, -0.05) is 29.8 Å². The molecule has 0 aliphatic carbocycles. The SMILES string of the molecule is Cc1ccc(C(=O)NNC(=O)c2ccccc2Cl)cc1Nc1nccc(-c2cccnc2)n1. The summed E-state index contributed by atoms with van der Waals surface area (Å²) in [5.74, 6) is -0.618. The van der Waals surface area contributed by atoms with Crippen LogP contribution in [-0.2, 0) is 0 Å². The lowest BCUT2D eigenvalue weighted by atomic mass is 10.1. The number of aromatic nitrogens is 3. The van der Waals surface area contributed by atoms with Crippen LogP contribution in [0.25, 0.3) is 11.3 Å². The topological polar surface area (TPSA) is 109 Å². The molecule has 9 heteroatoms. The van der Waals surface area contributed by atoms with Gasteiger partial charge in [-0.15, -0.1) is 0 Å². The molecule has 0 saturated heterocycles. The number of hydrazine groups is 1. The molecule has 0 aliphatic heterocycles. The molecule has 4 rings (SSSR count). The van der Waals surface area contributed by atoms with Crippen LogP contribution in [-0.4, -0.2) is 26.8 Å². The third kappa shape index (κ3) is 5.31. The van der Waals surface area contributed by atoms with Crippen LogP contribution < -0.4 is 16.2 Å². The summed E-state index contributed by atoms with van der Waals surface area (Å²) in [7, 11) is 0. The van der Waals surface area contributed by atoms with Gasteiger partial charge in [-0.2, -0.15) is 0 Å². The minimum absolute atomic E-state index is 0.261. The number of hydrogen-bond acceptors (Lipinski definition) is 6. The average molecular weight is 459 g/mol. The van der Waals surface area contributed by atoms with Crippen molar-refractivity contribution in [2.24, 2.45) is 0 Å². The van der Waals surface area contributed by atoms with Gasteiger partial charge in [0.25, 0.3) is 11.8 Å². The van der Waals surface area contributed by atoms with Gasteiger partial charge in [0.1, 0.15) is 0 Å². The van der Waals surface area contributed by atoms with E-state index in [0.717, 1.165) is 16.8 Å². The molecule has 8 nitrogen and oxygen atoms in total. The predicted octanol–water partition coefficient (Wildman–Crippen LogP) is 4.32. The molecule has 3 N–H and O–H groups in total. The maximum Gasteiger partial charge on any atom is 0.271 e. The first-order valence-corrected chi connectivity index (χ1v) is 10.4. The number of amides is 2. The molecule has 164 valence electrons. The number of halogens is 1. The van der Waals surface area contributed by atoms with E-state index >= 15 is 0 Å². The smallest absolute Gasteiger partial charge is 0.271 e. The quantitative estimate of drug-likeness (QED) is 0.384. The maximum absolute atomic E-state index is 12.6. The van der Waals surface area contributed by atoms with E-state index in [4.69, 9.17) is 11.6 Å². The number of benzene rings is 2. The zero-order valence-corrected chi connectivity index (χ0v) is 18.3. The molecule has 0 radical (unpaired) electrons. The largest absolute Gasteiger partial charge is 0.324 e. The number of hydrogen-bond donors (Lipinski definition) is 3. The highest BCUT2D eigenvalue weighted by Crippen LogP contribution is 2.22. The summed E-state index contributed by atoms with van der Waals surface area (Å²) in [6, 6.07) is 17.2. The van der Waals surface area contributed by atoms with Gasteiger partial charge in [-0.05, 0) is 55.0 Å². The molecule has 2 aromatic carbocycles. The number of pyridine rings is 1. The summed E-state index contributed by atoms with van der Waals surface area (Å²) in [6.07, 6.45) is 5.06. The second kappa shape index (κ2) is 9.88.